The van der Waals surface area contributed by atoms with E-state index in [0.717, 1.165) is 37.4 Å². The Balaban J connectivity index is 1.70. The lowest BCUT2D eigenvalue weighted by Crippen LogP contribution is -2.45. The molecule has 5 heteroatoms. The van der Waals surface area contributed by atoms with Gasteiger partial charge < -0.3 is 14.4 Å². The van der Waals surface area contributed by atoms with Gasteiger partial charge in [-0.25, -0.2) is 0 Å². The zero-order valence-electron chi connectivity index (χ0n) is 14.7. The molecule has 2 aromatic rings. The molecular weight excluding hydrogens is 316 g/mol. The van der Waals surface area contributed by atoms with E-state index < -0.39 is 0 Å². The molecule has 3 rings (SSSR count). The van der Waals surface area contributed by atoms with Gasteiger partial charge in [-0.2, -0.15) is 0 Å². The van der Waals surface area contributed by atoms with E-state index in [1.165, 1.54) is 0 Å². The van der Waals surface area contributed by atoms with Crippen LogP contribution in [0.4, 0.5) is 5.69 Å². The molecule has 0 bridgehead atoms. The third-order valence-electron chi connectivity index (χ3n) is 4.85. The zero-order chi connectivity index (χ0) is 17.6. The van der Waals surface area contributed by atoms with Crippen molar-refractivity contribution >= 4 is 11.6 Å². The van der Waals surface area contributed by atoms with E-state index in [1.54, 1.807) is 11.2 Å². The number of amides is 1. The highest BCUT2D eigenvalue weighted by Gasteiger charge is 2.26. The number of rotatable bonds is 6. The molecule has 0 aliphatic carbocycles. The summed E-state index contributed by atoms with van der Waals surface area (Å²) in [6, 6.07) is 13.4. The summed E-state index contributed by atoms with van der Waals surface area (Å²) in [5.74, 6) is 1.06. The van der Waals surface area contributed by atoms with Crippen molar-refractivity contribution in [2.24, 2.45) is 5.92 Å². The first-order chi connectivity index (χ1) is 12.1. The van der Waals surface area contributed by atoms with Crippen molar-refractivity contribution in [3.63, 3.8) is 0 Å². The second kappa shape index (κ2) is 8.32. The number of carbonyl (C=O) groups is 1. The minimum Gasteiger partial charge on any atom is -0.467 e. The molecule has 5 nitrogen and oxygen atoms in total. The van der Waals surface area contributed by atoms with Crippen molar-refractivity contribution in [2.75, 3.05) is 24.5 Å². The maximum Gasteiger partial charge on any atom is 0.241 e. The average Bonchev–Trinajstić information content (AvgIpc) is 3.14. The number of piperidine rings is 1. The van der Waals surface area contributed by atoms with Crippen LogP contribution in [0.3, 0.4) is 0 Å². The second-order valence-corrected chi connectivity index (χ2v) is 6.77. The number of likely N-dealkylation sites (tertiary alicyclic amines) is 1. The Morgan fingerprint density at radius 2 is 2.12 bits per heavy atom. The molecule has 134 valence electrons. The van der Waals surface area contributed by atoms with E-state index >= 15 is 0 Å². The van der Waals surface area contributed by atoms with Crippen LogP contribution in [0, 0.1) is 5.92 Å². The van der Waals surface area contributed by atoms with E-state index in [-0.39, 0.29) is 17.9 Å². The molecule has 1 N–H and O–H groups in total. The van der Waals surface area contributed by atoms with Gasteiger partial charge in [0.15, 0.2) is 0 Å². The van der Waals surface area contributed by atoms with Crippen LogP contribution < -0.4 is 4.90 Å². The zero-order valence-corrected chi connectivity index (χ0v) is 14.7. The molecule has 0 radical (unpaired) electrons. The molecule has 1 saturated heterocycles. The second-order valence-electron chi connectivity index (χ2n) is 6.77. The highest BCUT2D eigenvalue weighted by molar-refractivity contribution is 5.94. The number of hydrogen-bond acceptors (Lipinski definition) is 4. The SMILES string of the molecule is CC(O)C1CCCN(CC(=O)N(Cc2ccco2)c2ccccc2)C1. The van der Waals surface area contributed by atoms with E-state index in [9.17, 15) is 9.90 Å². The lowest BCUT2D eigenvalue weighted by Gasteiger charge is -2.35. The first-order valence-corrected chi connectivity index (χ1v) is 8.91. The molecule has 0 saturated carbocycles. The van der Waals surface area contributed by atoms with Crippen molar-refractivity contribution in [2.45, 2.75) is 32.4 Å². The molecule has 1 amide bonds. The first kappa shape index (κ1) is 17.7. The number of benzene rings is 1. The van der Waals surface area contributed by atoms with Gasteiger partial charge in [-0.1, -0.05) is 18.2 Å². The fourth-order valence-corrected chi connectivity index (χ4v) is 3.40. The lowest BCUT2D eigenvalue weighted by molar-refractivity contribution is -0.120. The molecule has 2 unspecified atom stereocenters. The molecule has 0 spiro atoms. The van der Waals surface area contributed by atoms with Crippen molar-refractivity contribution in [3.05, 3.63) is 54.5 Å². The summed E-state index contributed by atoms with van der Waals surface area (Å²) in [6.45, 7) is 4.29. The number of para-hydroxylation sites is 1. The number of anilines is 1. The van der Waals surface area contributed by atoms with Gasteiger partial charge in [-0.15, -0.1) is 0 Å². The molecule has 1 aliphatic heterocycles. The van der Waals surface area contributed by atoms with Crippen LogP contribution in [0.5, 0.6) is 0 Å². The molecule has 1 aromatic heterocycles. The Kier molecular flexibility index (Phi) is 5.89. The molecule has 1 aliphatic rings. The third-order valence-corrected chi connectivity index (χ3v) is 4.85. The molecule has 2 heterocycles. The number of nitrogens with zero attached hydrogens (tertiary/aromatic N) is 2. The maximum absolute atomic E-state index is 13.0. The van der Waals surface area contributed by atoms with Crippen molar-refractivity contribution in [1.82, 2.24) is 4.90 Å². The van der Waals surface area contributed by atoms with Gasteiger partial charge in [-0.3, -0.25) is 9.69 Å². The minimum absolute atomic E-state index is 0.0499. The van der Waals surface area contributed by atoms with Crippen molar-refractivity contribution in [3.8, 4) is 0 Å². The van der Waals surface area contributed by atoms with Crippen LogP contribution in [-0.4, -0.2) is 41.7 Å². The normalized spacial score (nSPS) is 19.5. The molecular formula is C20H26N2O3. The van der Waals surface area contributed by atoms with Crippen LogP contribution >= 0.6 is 0 Å². The fourth-order valence-electron chi connectivity index (χ4n) is 3.40. The van der Waals surface area contributed by atoms with E-state index in [4.69, 9.17) is 4.42 Å². The predicted octanol–water partition coefficient (Wildman–Crippen LogP) is 2.91. The summed E-state index contributed by atoms with van der Waals surface area (Å²) >= 11 is 0. The van der Waals surface area contributed by atoms with Gasteiger partial charge in [0.25, 0.3) is 0 Å². The van der Waals surface area contributed by atoms with Crippen LogP contribution in [0.2, 0.25) is 0 Å². The third kappa shape index (κ3) is 4.71. The lowest BCUT2D eigenvalue weighted by atomic mass is 9.93. The standard InChI is InChI=1S/C20H26N2O3/c1-16(23)17-7-5-11-21(13-17)15-20(24)22(14-19-10-6-12-25-19)18-8-3-2-4-9-18/h2-4,6,8-10,12,16-17,23H,5,7,11,13-15H2,1H3. The number of hydrogen-bond donors (Lipinski definition) is 1. The molecule has 2 atom stereocenters. The van der Waals surface area contributed by atoms with E-state index in [1.807, 2.05) is 49.4 Å². The smallest absolute Gasteiger partial charge is 0.241 e. The first-order valence-electron chi connectivity index (χ1n) is 8.91. The largest absolute Gasteiger partial charge is 0.467 e. The average molecular weight is 342 g/mol. The quantitative estimate of drug-likeness (QED) is 0.877. The van der Waals surface area contributed by atoms with Gasteiger partial charge in [-0.05, 0) is 56.5 Å². The summed E-state index contributed by atoms with van der Waals surface area (Å²) in [4.78, 5) is 16.9. The summed E-state index contributed by atoms with van der Waals surface area (Å²) in [7, 11) is 0. The van der Waals surface area contributed by atoms with Gasteiger partial charge in [0.05, 0.1) is 25.5 Å². The summed E-state index contributed by atoms with van der Waals surface area (Å²) in [6.07, 6.45) is 3.34. The Morgan fingerprint density at radius 3 is 2.80 bits per heavy atom. The van der Waals surface area contributed by atoms with Crippen LogP contribution in [0.25, 0.3) is 0 Å². The predicted molar refractivity (Wildman–Crippen MR) is 97.2 cm³/mol. The number of furan rings is 1. The van der Waals surface area contributed by atoms with Crippen LogP contribution in [0.15, 0.2) is 53.1 Å². The maximum atomic E-state index is 13.0. The van der Waals surface area contributed by atoms with Gasteiger partial charge in [0.2, 0.25) is 5.91 Å². The highest BCUT2D eigenvalue weighted by atomic mass is 16.3. The van der Waals surface area contributed by atoms with Crippen LogP contribution in [-0.2, 0) is 11.3 Å². The number of aliphatic hydroxyl groups is 1. The summed E-state index contributed by atoms with van der Waals surface area (Å²) in [5, 5.41) is 9.85. The Hall–Kier alpha value is -2.11. The summed E-state index contributed by atoms with van der Waals surface area (Å²) in [5.41, 5.74) is 0.869. The highest BCUT2D eigenvalue weighted by Crippen LogP contribution is 2.21. The van der Waals surface area contributed by atoms with Crippen molar-refractivity contribution < 1.29 is 14.3 Å². The van der Waals surface area contributed by atoms with E-state index in [2.05, 4.69) is 4.90 Å². The Labute approximate surface area is 148 Å². The number of carbonyl (C=O) groups excluding carboxylic acids is 1. The summed E-state index contributed by atoms with van der Waals surface area (Å²) < 4.78 is 5.43. The Bertz CT molecular complexity index is 655. The van der Waals surface area contributed by atoms with Gasteiger partial charge in [0, 0.05) is 12.2 Å². The topological polar surface area (TPSA) is 56.9 Å². The monoisotopic (exact) mass is 342 g/mol. The van der Waals surface area contributed by atoms with Crippen LogP contribution in [0.1, 0.15) is 25.5 Å². The van der Waals surface area contributed by atoms with Crippen molar-refractivity contribution in [1.29, 1.82) is 0 Å². The molecule has 25 heavy (non-hydrogen) atoms. The Morgan fingerprint density at radius 1 is 1.32 bits per heavy atom. The molecule has 1 fully saturated rings. The van der Waals surface area contributed by atoms with Gasteiger partial charge in [0.1, 0.15) is 5.76 Å². The fraction of sp³-hybridized carbons (Fsp3) is 0.450. The van der Waals surface area contributed by atoms with Gasteiger partial charge >= 0.3 is 0 Å². The molecule has 1 aromatic carbocycles. The minimum atomic E-state index is -0.328. The van der Waals surface area contributed by atoms with E-state index in [0.29, 0.717) is 13.1 Å². The number of aliphatic hydroxyl groups excluding tert-OH is 1.